The van der Waals surface area contributed by atoms with E-state index in [1.807, 2.05) is 12.2 Å². The van der Waals surface area contributed by atoms with Crippen molar-refractivity contribution < 1.29 is 0 Å². The molecule has 0 amide bonds. The summed E-state index contributed by atoms with van der Waals surface area (Å²) in [6.45, 7) is 7.40. The van der Waals surface area contributed by atoms with Crippen LogP contribution in [0.2, 0.25) is 10.6 Å². The molecule has 0 aliphatic rings. The Bertz CT molecular complexity index is 85.0. The molecule has 0 bridgehead atoms. The minimum atomic E-state index is 0.881. The fraction of sp³-hybridized carbons (Fsp3) is 0.600. The third-order valence-corrected chi connectivity index (χ3v) is 3.82. The molecular weight excluding hydrogens is 199 g/mol. The Balaban J connectivity index is 2.79. The van der Waals surface area contributed by atoms with Crippen LogP contribution in [0.3, 0.4) is 0 Å². The summed E-state index contributed by atoms with van der Waals surface area (Å²) in [5.41, 5.74) is 0. The van der Waals surface area contributed by atoms with Crippen molar-refractivity contribution in [3.05, 3.63) is 25.3 Å². The van der Waals surface area contributed by atoms with Crippen molar-refractivity contribution in [2.24, 2.45) is 0 Å². The summed E-state index contributed by atoms with van der Waals surface area (Å²) >= 11 is 0.881. The van der Waals surface area contributed by atoms with E-state index in [1.54, 1.807) is 0 Å². The van der Waals surface area contributed by atoms with E-state index in [-0.39, 0.29) is 0 Å². The van der Waals surface area contributed by atoms with Crippen LogP contribution in [0.25, 0.3) is 0 Å². The van der Waals surface area contributed by atoms with Crippen molar-refractivity contribution in [3.63, 3.8) is 0 Å². The van der Waals surface area contributed by atoms with Gasteiger partial charge < -0.3 is 0 Å². The minimum absolute atomic E-state index is 0.881. The average Bonchev–Trinajstić information content (AvgIpc) is 2.03. The van der Waals surface area contributed by atoms with Crippen LogP contribution < -0.4 is 0 Å². The fourth-order valence-electron chi connectivity index (χ4n) is 0.762. The Morgan fingerprint density at radius 3 is 1.73 bits per heavy atom. The van der Waals surface area contributed by atoms with Gasteiger partial charge in [-0.2, -0.15) is 0 Å². The predicted octanol–water partition coefficient (Wildman–Crippen LogP) is 3.46. The number of allylic oxidation sites excluding steroid dienone is 2. The molecule has 1 heteroatoms. The molecule has 0 saturated heterocycles. The second-order valence-electron chi connectivity index (χ2n) is 2.47. The van der Waals surface area contributed by atoms with Gasteiger partial charge in [-0.3, -0.25) is 0 Å². The monoisotopic (exact) mass is 218 g/mol. The SMILES string of the molecule is C=CCCC[Se]CCCC=C. The molecule has 64 valence electrons. The zero-order valence-electron chi connectivity index (χ0n) is 7.22. The summed E-state index contributed by atoms with van der Waals surface area (Å²) in [4.78, 5) is 0. The molecular formula is C10H18Se. The molecule has 0 atom stereocenters. The molecule has 0 rings (SSSR count). The fourth-order valence-corrected chi connectivity index (χ4v) is 2.75. The van der Waals surface area contributed by atoms with Gasteiger partial charge >= 0.3 is 76.6 Å². The normalized spacial score (nSPS) is 9.45. The topological polar surface area (TPSA) is 0 Å². The van der Waals surface area contributed by atoms with E-state index >= 15 is 0 Å². The molecule has 11 heavy (non-hydrogen) atoms. The van der Waals surface area contributed by atoms with E-state index in [0.717, 1.165) is 15.0 Å². The zero-order valence-corrected chi connectivity index (χ0v) is 8.93. The van der Waals surface area contributed by atoms with Crippen LogP contribution in [-0.4, -0.2) is 15.0 Å². The van der Waals surface area contributed by atoms with Gasteiger partial charge in [-0.25, -0.2) is 0 Å². The van der Waals surface area contributed by atoms with E-state index < -0.39 is 0 Å². The van der Waals surface area contributed by atoms with Gasteiger partial charge in [0.05, 0.1) is 0 Å². The van der Waals surface area contributed by atoms with Gasteiger partial charge in [0.2, 0.25) is 0 Å². The molecule has 0 spiro atoms. The van der Waals surface area contributed by atoms with E-state index in [4.69, 9.17) is 0 Å². The van der Waals surface area contributed by atoms with Gasteiger partial charge in [0.15, 0.2) is 0 Å². The van der Waals surface area contributed by atoms with Crippen molar-refractivity contribution in [1.82, 2.24) is 0 Å². The van der Waals surface area contributed by atoms with Gasteiger partial charge in [0.25, 0.3) is 0 Å². The molecule has 0 N–H and O–H groups in total. The van der Waals surface area contributed by atoms with Crippen LogP contribution in [0.4, 0.5) is 0 Å². The Morgan fingerprint density at radius 1 is 0.909 bits per heavy atom. The summed E-state index contributed by atoms with van der Waals surface area (Å²) in [7, 11) is 0. The third-order valence-electron chi connectivity index (χ3n) is 1.39. The molecule has 0 aliphatic carbocycles. The van der Waals surface area contributed by atoms with Crippen LogP contribution in [-0.2, 0) is 0 Å². The molecule has 0 heterocycles. The van der Waals surface area contributed by atoms with Gasteiger partial charge in [0.1, 0.15) is 0 Å². The van der Waals surface area contributed by atoms with Crippen LogP contribution in [0.15, 0.2) is 25.3 Å². The number of rotatable bonds is 8. The van der Waals surface area contributed by atoms with Gasteiger partial charge in [0, 0.05) is 0 Å². The Morgan fingerprint density at radius 2 is 1.36 bits per heavy atom. The molecule has 0 saturated carbocycles. The first-order chi connectivity index (χ1) is 5.41. The molecule has 0 nitrogen and oxygen atoms in total. The van der Waals surface area contributed by atoms with Crippen molar-refractivity contribution in [1.29, 1.82) is 0 Å². The summed E-state index contributed by atoms with van der Waals surface area (Å²) in [5.74, 6) is 0. The summed E-state index contributed by atoms with van der Waals surface area (Å²) in [5, 5.41) is 2.85. The number of hydrogen-bond acceptors (Lipinski definition) is 0. The first-order valence-electron chi connectivity index (χ1n) is 4.21. The van der Waals surface area contributed by atoms with Crippen molar-refractivity contribution in [2.45, 2.75) is 36.3 Å². The van der Waals surface area contributed by atoms with Crippen LogP contribution in [0, 0.1) is 0 Å². The van der Waals surface area contributed by atoms with Crippen LogP contribution in [0.1, 0.15) is 25.7 Å². The van der Waals surface area contributed by atoms with Crippen molar-refractivity contribution in [3.8, 4) is 0 Å². The van der Waals surface area contributed by atoms with Crippen molar-refractivity contribution >= 4 is 15.0 Å². The number of hydrogen-bond donors (Lipinski definition) is 0. The Hall–Kier alpha value is -0.000519. The maximum absolute atomic E-state index is 3.70. The summed E-state index contributed by atoms with van der Waals surface area (Å²) in [6.07, 6.45) is 9.11. The van der Waals surface area contributed by atoms with Crippen molar-refractivity contribution in [2.75, 3.05) is 0 Å². The maximum atomic E-state index is 3.70. The quantitative estimate of drug-likeness (QED) is 0.332. The molecule has 0 radical (unpaired) electrons. The van der Waals surface area contributed by atoms with E-state index in [9.17, 15) is 0 Å². The van der Waals surface area contributed by atoms with Crippen LogP contribution in [0.5, 0.6) is 0 Å². The molecule has 0 unspecified atom stereocenters. The second-order valence-corrected chi connectivity index (χ2v) is 5.04. The standard InChI is InChI=1S/C10H18Se/c1-3-5-7-9-11-10-8-6-4-2/h3-4H,1-2,5-10H2. The van der Waals surface area contributed by atoms with Gasteiger partial charge in [-0.05, 0) is 0 Å². The first-order valence-corrected chi connectivity index (χ1v) is 6.63. The van der Waals surface area contributed by atoms with Gasteiger partial charge in [-0.15, -0.1) is 0 Å². The van der Waals surface area contributed by atoms with E-state index in [0.29, 0.717) is 0 Å². The summed E-state index contributed by atoms with van der Waals surface area (Å²) in [6, 6.07) is 0. The number of unbranched alkanes of at least 4 members (excludes halogenated alkanes) is 2. The first kappa shape index (κ1) is 11.0. The zero-order chi connectivity index (χ0) is 8.36. The molecule has 0 aromatic rings. The summed E-state index contributed by atoms with van der Waals surface area (Å²) < 4.78 is 0. The molecule has 0 aromatic heterocycles. The second kappa shape index (κ2) is 10.00. The molecule has 0 fully saturated rings. The average molecular weight is 217 g/mol. The van der Waals surface area contributed by atoms with Gasteiger partial charge in [-0.1, -0.05) is 0 Å². The van der Waals surface area contributed by atoms with E-state index in [1.165, 1.54) is 36.3 Å². The predicted molar refractivity (Wildman–Crippen MR) is 54.2 cm³/mol. The van der Waals surface area contributed by atoms with E-state index in [2.05, 4.69) is 13.2 Å². The molecule has 0 aliphatic heterocycles. The Kier molecular flexibility index (Phi) is 10.00. The molecule has 0 aromatic carbocycles. The van der Waals surface area contributed by atoms with Crippen LogP contribution >= 0.6 is 0 Å². The Labute approximate surface area is 76.9 Å². The third kappa shape index (κ3) is 10.00.